The first-order valence-electron chi connectivity index (χ1n) is 16.3. The van der Waals surface area contributed by atoms with E-state index >= 15 is 0 Å². The molecule has 0 saturated carbocycles. The summed E-state index contributed by atoms with van der Waals surface area (Å²) < 4.78 is 84.3. The van der Waals surface area contributed by atoms with Crippen LogP contribution in [-0.4, -0.2) is 49.5 Å². The molecule has 0 N–H and O–H groups in total. The average Bonchev–Trinajstić information content (AvgIpc) is 3.92. The smallest absolute Gasteiger partial charge is 0.248 e. The molecular weight excluding hydrogens is 662 g/mol. The molecule has 0 unspecified atom stereocenters. The van der Waals surface area contributed by atoms with Gasteiger partial charge in [0.15, 0.2) is 11.4 Å². The monoisotopic (exact) mass is 694 g/mol. The van der Waals surface area contributed by atoms with Gasteiger partial charge in [-0.25, -0.2) is 14.0 Å². The van der Waals surface area contributed by atoms with Crippen LogP contribution in [0.15, 0.2) is 73.3 Å². The predicted molar refractivity (Wildman–Crippen MR) is 169 cm³/mol. The van der Waals surface area contributed by atoms with Crippen LogP contribution in [0.5, 0.6) is 0 Å². The number of nitrogens with zero attached hydrogens (tertiary/aromatic N) is 10. The Balaban J connectivity index is 0.000000157. The molecule has 2 aromatic carbocycles. The van der Waals surface area contributed by atoms with E-state index in [-0.39, 0.29) is 0 Å². The van der Waals surface area contributed by atoms with Crippen molar-refractivity contribution in [1.29, 1.82) is 0 Å². The summed E-state index contributed by atoms with van der Waals surface area (Å²) in [5.41, 5.74) is 3.84. The molecule has 0 saturated heterocycles. The van der Waals surface area contributed by atoms with E-state index in [2.05, 4.69) is 30.7 Å². The van der Waals surface area contributed by atoms with Crippen molar-refractivity contribution in [3.63, 3.8) is 0 Å². The summed E-state index contributed by atoms with van der Waals surface area (Å²) in [5.74, 6) is 0. The van der Waals surface area contributed by atoms with E-state index in [9.17, 15) is 26.3 Å². The molecule has 10 nitrogen and oxygen atoms in total. The fraction of sp³-hybridized carbons (Fsp3) is 0.353. The number of aromatic nitrogens is 10. The van der Waals surface area contributed by atoms with Gasteiger partial charge in [-0.3, -0.25) is 0 Å². The summed E-state index contributed by atoms with van der Waals surface area (Å²) in [5, 5.41) is 23.5. The molecule has 4 aromatic heterocycles. The van der Waals surface area contributed by atoms with Gasteiger partial charge in [-0.05, 0) is 86.8 Å². The Hall–Kier alpha value is -5.28. The van der Waals surface area contributed by atoms with Crippen molar-refractivity contribution in [2.24, 2.45) is 0 Å². The molecular formula is C34H32F6N10. The van der Waals surface area contributed by atoms with Crippen LogP contribution < -0.4 is 0 Å². The third-order valence-corrected chi connectivity index (χ3v) is 8.87. The zero-order chi connectivity index (χ0) is 34.9. The lowest BCUT2D eigenvalue weighted by Crippen LogP contribution is -2.11. The second-order valence-electron chi connectivity index (χ2n) is 12.3. The second kappa shape index (κ2) is 13.6. The molecule has 260 valence electrons. The van der Waals surface area contributed by atoms with E-state index in [1.807, 2.05) is 24.3 Å². The van der Waals surface area contributed by atoms with Crippen LogP contribution in [0.25, 0.3) is 11.4 Å². The largest absolute Gasteiger partial charge is 0.435 e. The zero-order valence-electron chi connectivity index (χ0n) is 26.7. The van der Waals surface area contributed by atoms with E-state index in [1.165, 1.54) is 9.36 Å². The molecule has 0 radical (unpaired) electrons. The molecule has 16 heteroatoms. The number of hydrogen-bond donors (Lipinski definition) is 0. The van der Waals surface area contributed by atoms with Crippen LogP contribution in [0.1, 0.15) is 70.7 Å². The molecule has 0 bridgehead atoms. The quantitative estimate of drug-likeness (QED) is 0.178. The third-order valence-electron chi connectivity index (χ3n) is 8.87. The lowest BCUT2D eigenvalue weighted by molar-refractivity contribution is -0.142. The van der Waals surface area contributed by atoms with E-state index in [0.29, 0.717) is 72.7 Å². The standard InChI is InChI=1S/2C17H16F3N5/c18-17(19,20)16-14-3-1-2-4-15(14)25(22-16)13-7-5-12(6-8-13)11-24-10-9-21-23-24;18-17(19,20)16-14-3-1-2-4-15(14)25(23-16)13-7-5-12(6-8-13)11-24-21-9-10-22-24/h2*5-10H,1-4,11H2. The lowest BCUT2D eigenvalue weighted by atomic mass is 9.95. The van der Waals surface area contributed by atoms with E-state index < -0.39 is 23.7 Å². The van der Waals surface area contributed by atoms with Crippen molar-refractivity contribution < 1.29 is 26.3 Å². The van der Waals surface area contributed by atoms with Gasteiger partial charge in [0, 0.05) is 28.7 Å². The second-order valence-corrected chi connectivity index (χ2v) is 12.3. The molecule has 50 heavy (non-hydrogen) atoms. The first-order valence-corrected chi connectivity index (χ1v) is 16.3. The Bertz CT molecular complexity index is 1870. The Labute approximate surface area is 282 Å². The summed E-state index contributed by atoms with van der Waals surface area (Å²) in [6, 6.07) is 14.7. The number of halogens is 6. The van der Waals surface area contributed by atoms with E-state index in [4.69, 9.17) is 0 Å². The maximum atomic E-state index is 13.3. The van der Waals surface area contributed by atoms with Gasteiger partial charge in [0.2, 0.25) is 0 Å². The molecule has 2 aliphatic rings. The first-order chi connectivity index (χ1) is 24.0. The molecule has 0 fully saturated rings. The molecule has 6 aromatic rings. The molecule has 2 aliphatic carbocycles. The number of alkyl halides is 6. The average molecular weight is 695 g/mol. The maximum absolute atomic E-state index is 13.3. The first kappa shape index (κ1) is 33.2. The van der Waals surface area contributed by atoms with Crippen LogP contribution in [0.4, 0.5) is 26.3 Å². The normalized spacial score (nSPS) is 14.5. The summed E-state index contributed by atoms with van der Waals surface area (Å²) in [7, 11) is 0. The predicted octanol–water partition coefficient (Wildman–Crippen LogP) is 6.82. The highest BCUT2D eigenvalue weighted by Crippen LogP contribution is 2.38. The van der Waals surface area contributed by atoms with Crippen molar-refractivity contribution in [1.82, 2.24) is 49.5 Å². The summed E-state index contributed by atoms with van der Waals surface area (Å²) in [4.78, 5) is 1.55. The fourth-order valence-corrected chi connectivity index (χ4v) is 6.56. The summed E-state index contributed by atoms with van der Waals surface area (Å²) in [6.07, 6.45) is 3.18. The molecule has 0 atom stereocenters. The van der Waals surface area contributed by atoms with E-state index in [0.717, 1.165) is 36.8 Å². The number of rotatable bonds is 6. The number of fused-ring (bicyclic) bond motifs is 2. The lowest BCUT2D eigenvalue weighted by Gasteiger charge is -2.15. The van der Waals surface area contributed by atoms with Crippen LogP contribution in [0.2, 0.25) is 0 Å². The summed E-state index contributed by atoms with van der Waals surface area (Å²) >= 11 is 0. The van der Waals surface area contributed by atoms with Gasteiger partial charge in [0.1, 0.15) is 0 Å². The van der Waals surface area contributed by atoms with Crippen LogP contribution in [0.3, 0.4) is 0 Å². The molecule has 0 amide bonds. The van der Waals surface area contributed by atoms with Crippen molar-refractivity contribution in [2.75, 3.05) is 0 Å². The van der Waals surface area contributed by atoms with Gasteiger partial charge in [-0.2, -0.15) is 51.5 Å². The van der Waals surface area contributed by atoms with Crippen molar-refractivity contribution >= 4 is 0 Å². The zero-order valence-corrected chi connectivity index (χ0v) is 26.7. The van der Waals surface area contributed by atoms with Gasteiger partial charge in [-0.1, -0.05) is 29.5 Å². The Morgan fingerprint density at radius 2 is 1.02 bits per heavy atom. The maximum Gasteiger partial charge on any atom is 0.435 e. The van der Waals surface area contributed by atoms with Crippen molar-refractivity contribution in [2.45, 2.75) is 76.8 Å². The van der Waals surface area contributed by atoms with Gasteiger partial charge in [-0.15, -0.1) is 5.10 Å². The highest BCUT2D eigenvalue weighted by Gasteiger charge is 2.40. The fourth-order valence-electron chi connectivity index (χ4n) is 6.56. The van der Waals surface area contributed by atoms with Gasteiger partial charge in [0.25, 0.3) is 0 Å². The Morgan fingerprint density at radius 1 is 0.560 bits per heavy atom. The number of benzene rings is 2. The minimum absolute atomic E-state index is 0.351. The third kappa shape index (κ3) is 7.05. The highest BCUT2D eigenvalue weighted by atomic mass is 19.4. The Morgan fingerprint density at radius 3 is 1.46 bits per heavy atom. The molecule has 0 aliphatic heterocycles. The van der Waals surface area contributed by atoms with E-state index in [1.54, 1.807) is 58.5 Å². The van der Waals surface area contributed by atoms with Crippen molar-refractivity contribution in [3.05, 3.63) is 118 Å². The van der Waals surface area contributed by atoms with Crippen molar-refractivity contribution in [3.8, 4) is 11.4 Å². The number of hydrogen-bond acceptors (Lipinski definition) is 6. The Kier molecular flexibility index (Phi) is 9.01. The van der Waals surface area contributed by atoms with Gasteiger partial charge < -0.3 is 0 Å². The van der Waals surface area contributed by atoms with Gasteiger partial charge in [0.05, 0.1) is 43.1 Å². The topological polar surface area (TPSA) is 97.1 Å². The molecule has 8 rings (SSSR count). The van der Waals surface area contributed by atoms with Crippen LogP contribution >= 0.6 is 0 Å². The van der Waals surface area contributed by atoms with Crippen LogP contribution in [-0.2, 0) is 51.1 Å². The minimum atomic E-state index is -4.42. The van der Waals surface area contributed by atoms with Crippen LogP contribution in [0, 0.1) is 0 Å². The minimum Gasteiger partial charge on any atom is -0.248 e. The molecule has 4 heterocycles. The summed E-state index contributed by atoms with van der Waals surface area (Å²) in [6.45, 7) is 1.07. The molecule has 0 spiro atoms. The highest BCUT2D eigenvalue weighted by molar-refractivity contribution is 5.42. The van der Waals surface area contributed by atoms with Gasteiger partial charge >= 0.3 is 12.4 Å². The SMILES string of the molecule is FC(F)(F)c1nn(-c2ccc(Cn3ccnn3)cc2)c2c1CCCC2.FC(F)(F)c1nn(-c2ccc(Cn3nccn3)cc2)c2c1CCCC2.